The van der Waals surface area contributed by atoms with Gasteiger partial charge in [-0.2, -0.15) is 9.78 Å². The molecular weight excluding hydrogens is 465 g/mol. The Balaban J connectivity index is 1.31. The fourth-order valence-electron chi connectivity index (χ4n) is 3.80. The molecule has 1 aliphatic rings. The second kappa shape index (κ2) is 9.06. The van der Waals surface area contributed by atoms with E-state index in [1.54, 1.807) is 29.7 Å². The van der Waals surface area contributed by atoms with E-state index in [-0.39, 0.29) is 5.56 Å². The molecule has 0 N–H and O–H groups in total. The van der Waals surface area contributed by atoms with Gasteiger partial charge < -0.3 is 4.74 Å². The van der Waals surface area contributed by atoms with Gasteiger partial charge >= 0.3 is 0 Å². The van der Waals surface area contributed by atoms with Crippen molar-refractivity contribution in [3.05, 3.63) is 90.8 Å². The average Bonchev–Trinajstić information content (AvgIpc) is 3.18. The number of hydrogen-bond acceptors (Lipinski definition) is 5. The molecule has 8 heteroatoms. The highest BCUT2D eigenvalue weighted by Gasteiger charge is 2.19. The molecule has 0 saturated carbocycles. The van der Waals surface area contributed by atoms with E-state index in [1.807, 2.05) is 30.3 Å². The third kappa shape index (κ3) is 4.31. The smallest absolute Gasteiger partial charge is 0.282 e. The third-order valence-corrected chi connectivity index (χ3v) is 7.27. The number of nitrogens with zero attached hydrogens (tertiary/aromatic N) is 3. The van der Waals surface area contributed by atoms with E-state index in [1.165, 1.54) is 27.9 Å². The van der Waals surface area contributed by atoms with Crippen molar-refractivity contribution < 1.29 is 4.74 Å². The van der Waals surface area contributed by atoms with Crippen molar-refractivity contribution in [2.24, 2.45) is 5.10 Å². The summed E-state index contributed by atoms with van der Waals surface area (Å²) >= 11 is 13.8. The summed E-state index contributed by atoms with van der Waals surface area (Å²) in [6.45, 7) is 0.343. The molecule has 0 fully saturated rings. The molecule has 1 aliphatic carbocycles. The molecule has 0 spiro atoms. The van der Waals surface area contributed by atoms with E-state index in [2.05, 4.69) is 10.1 Å². The van der Waals surface area contributed by atoms with Gasteiger partial charge in [-0.15, -0.1) is 11.3 Å². The van der Waals surface area contributed by atoms with Crippen LogP contribution in [0.5, 0.6) is 5.75 Å². The number of hydrogen-bond donors (Lipinski definition) is 0. The van der Waals surface area contributed by atoms with Gasteiger partial charge in [0.25, 0.3) is 5.56 Å². The molecule has 5 rings (SSSR count). The van der Waals surface area contributed by atoms with Crippen molar-refractivity contribution in [2.45, 2.75) is 32.3 Å². The van der Waals surface area contributed by atoms with Crippen LogP contribution in [0.2, 0.25) is 10.0 Å². The number of halogens is 2. The second-order valence-corrected chi connectivity index (χ2v) is 9.55. The maximum atomic E-state index is 13.0. The molecule has 32 heavy (non-hydrogen) atoms. The Morgan fingerprint density at radius 1 is 1.12 bits per heavy atom. The minimum atomic E-state index is -0.106. The molecule has 2 aromatic heterocycles. The number of rotatable bonds is 5. The Morgan fingerprint density at radius 3 is 2.75 bits per heavy atom. The first-order chi connectivity index (χ1) is 15.6. The highest BCUT2D eigenvalue weighted by atomic mass is 35.5. The van der Waals surface area contributed by atoms with Gasteiger partial charge in [0.15, 0.2) is 0 Å². The quantitative estimate of drug-likeness (QED) is 0.322. The molecule has 2 aromatic carbocycles. The number of fused-ring (bicyclic) bond motifs is 3. The van der Waals surface area contributed by atoms with E-state index in [4.69, 9.17) is 27.9 Å². The first-order valence-electron chi connectivity index (χ1n) is 10.3. The van der Waals surface area contributed by atoms with Gasteiger partial charge in [-0.05, 0) is 73.2 Å². The zero-order valence-corrected chi connectivity index (χ0v) is 19.4. The van der Waals surface area contributed by atoms with Crippen LogP contribution in [0.25, 0.3) is 10.2 Å². The zero-order chi connectivity index (χ0) is 22.1. The van der Waals surface area contributed by atoms with Crippen LogP contribution in [0.4, 0.5) is 0 Å². The van der Waals surface area contributed by atoms with Gasteiger partial charge in [-0.25, -0.2) is 4.98 Å². The van der Waals surface area contributed by atoms with E-state index in [9.17, 15) is 4.79 Å². The highest BCUT2D eigenvalue weighted by Crippen LogP contribution is 2.33. The molecule has 5 nitrogen and oxygen atoms in total. The van der Waals surface area contributed by atoms with Crippen molar-refractivity contribution in [1.82, 2.24) is 9.66 Å². The van der Waals surface area contributed by atoms with Gasteiger partial charge in [-0.3, -0.25) is 4.79 Å². The van der Waals surface area contributed by atoms with E-state index in [0.29, 0.717) is 22.4 Å². The predicted octanol–water partition coefficient (Wildman–Crippen LogP) is 6.10. The van der Waals surface area contributed by atoms with Gasteiger partial charge in [0.2, 0.25) is 0 Å². The monoisotopic (exact) mass is 483 g/mol. The van der Waals surface area contributed by atoms with Gasteiger partial charge in [-0.1, -0.05) is 29.3 Å². The molecule has 162 valence electrons. The molecule has 4 aromatic rings. The lowest BCUT2D eigenvalue weighted by atomic mass is 9.97. The number of aromatic nitrogens is 2. The summed E-state index contributed by atoms with van der Waals surface area (Å²) in [5.41, 5.74) is 2.77. The van der Waals surface area contributed by atoms with Crippen LogP contribution in [0.15, 0.2) is 58.7 Å². The Hall–Kier alpha value is -2.67. The van der Waals surface area contributed by atoms with E-state index < -0.39 is 0 Å². The fraction of sp³-hybridized carbons (Fsp3) is 0.208. The Kier molecular flexibility index (Phi) is 6.00. The lowest BCUT2D eigenvalue weighted by Crippen LogP contribution is -2.18. The van der Waals surface area contributed by atoms with Crippen LogP contribution < -0.4 is 10.3 Å². The molecule has 0 saturated heterocycles. The molecular formula is C24H19Cl2N3O2S. The average molecular weight is 484 g/mol. The van der Waals surface area contributed by atoms with Crippen LogP contribution in [0.1, 0.15) is 34.4 Å². The van der Waals surface area contributed by atoms with Crippen LogP contribution in [0.3, 0.4) is 0 Å². The van der Waals surface area contributed by atoms with E-state index >= 15 is 0 Å². The normalized spacial score (nSPS) is 13.6. The van der Waals surface area contributed by atoms with Gasteiger partial charge in [0.1, 0.15) is 23.5 Å². The largest absolute Gasteiger partial charge is 0.489 e. The first-order valence-corrected chi connectivity index (χ1v) is 11.9. The SMILES string of the molecule is O=c1c2c3c(sc2ncn1/N=C\c1ccc(OCc2ccc(Cl)cc2Cl)cc1)CCCC3. The number of aryl methyl sites for hydroxylation is 2. The highest BCUT2D eigenvalue weighted by molar-refractivity contribution is 7.18. The Bertz CT molecular complexity index is 1380. The van der Waals surface area contributed by atoms with Crippen LogP contribution in [0, 0.1) is 0 Å². The number of ether oxygens (including phenoxy) is 1. The first kappa shape index (κ1) is 21.2. The van der Waals surface area contributed by atoms with Crippen molar-refractivity contribution in [3.63, 3.8) is 0 Å². The summed E-state index contributed by atoms with van der Waals surface area (Å²) in [5.74, 6) is 0.707. The summed E-state index contributed by atoms with van der Waals surface area (Å²) in [6, 6.07) is 12.8. The zero-order valence-electron chi connectivity index (χ0n) is 17.1. The molecule has 2 heterocycles. The maximum absolute atomic E-state index is 13.0. The standard InChI is InChI=1S/C24H19Cl2N3O2S/c25-17-8-7-16(20(26)11-17)13-31-18-9-5-15(6-10-18)12-28-29-14-27-23-22(24(29)30)19-3-1-2-4-21(19)32-23/h5-12,14H,1-4,13H2/b28-12-. The maximum Gasteiger partial charge on any atom is 0.282 e. The summed E-state index contributed by atoms with van der Waals surface area (Å²) < 4.78 is 7.12. The second-order valence-electron chi connectivity index (χ2n) is 7.62. The van der Waals surface area contributed by atoms with Gasteiger partial charge in [0, 0.05) is 20.5 Å². The number of thiophene rings is 1. The number of benzene rings is 2. The molecule has 0 atom stereocenters. The van der Waals surface area contributed by atoms with Crippen molar-refractivity contribution in [3.8, 4) is 5.75 Å². The van der Waals surface area contributed by atoms with E-state index in [0.717, 1.165) is 40.6 Å². The van der Waals surface area contributed by atoms with Crippen LogP contribution >= 0.6 is 34.5 Å². The molecule has 0 unspecified atom stereocenters. The summed E-state index contributed by atoms with van der Waals surface area (Å²) in [6.07, 6.45) is 7.43. The third-order valence-electron chi connectivity index (χ3n) is 5.48. The summed E-state index contributed by atoms with van der Waals surface area (Å²) in [7, 11) is 0. The van der Waals surface area contributed by atoms with Crippen molar-refractivity contribution in [2.75, 3.05) is 0 Å². The molecule has 0 aliphatic heterocycles. The summed E-state index contributed by atoms with van der Waals surface area (Å²) in [5, 5.41) is 6.24. The topological polar surface area (TPSA) is 56.5 Å². The minimum Gasteiger partial charge on any atom is -0.489 e. The van der Waals surface area contributed by atoms with Gasteiger partial charge in [0.05, 0.1) is 11.6 Å². The molecule has 0 bridgehead atoms. The molecule has 0 radical (unpaired) electrons. The Labute approximate surface area is 198 Å². The summed E-state index contributed by atoms with van der Waals surface area (Å²) in [4.78, 5) is 19.6. The molecule has 0 amide bonds. The Morgan fingerprint density at radius 2 is 1.94 bits per heavy atom. The fourth-order valence-corrected chi connectivity index (χ4v) is 5.48. The van der Waals surface area contributed by atoms with Crippen LogP contribution in [-0.4, -0.2) is 15.9 Å². The lowest BCUT2D eigenvalue weighted by Gasteiger charge is -2.09. The van der Waals surface area contributed by atoms with Crippen LogP contribution in [-0.2, 0) is 19.4 Å². The lowest BCUT2D eigenvalue weighted by molar-refractivity contribution is 0.306. The predicted molar refractivity (Wildman–Crippen MR) is 131 cm³/mol. The van der Waals surface area contributed by atoms with Crippen molar-refractivity contribution >= 4 is 51.0 Å². The van der Waals surface area contributed by atoms with Crippen molar-refractivity contribution in [1.29, 1.82) is 0 Å². The minimum absolute atomic E-state index is 0.106.